The van der Waals surface area contributed by atoms with Crippen LogP contribution in [0.3, 0.4) is 0 Å². The van der Waals surface area contributed by atoms with E-state index in [0.717, 1.165) is 5.92 Å². The molecule has 1 saturated carbocycles. The van der Waals surface area contributed by atoms with Crippen LogP contribution < -0.4 is 5.73 Å². The molecular formula is C11H23N. The number of hydrogen-bond donors (Lipinski definition) is 1. The van der Waals surface area contributed by atoms with E-state index in [2.05, 4.69) is 20.8 Å². The Morgan fingerprint density at radius 2 is 1.67 bits per heavy atom. The Morgan fingerprint density at radius 1 is 1.08 bits per heavy atom. The molecule has 0 spiro atoms. The highest BCUT2D eigenvalue weighted by Crippen LogP contribution is 2.36. The number of hydrogen-bond acceptors (Lipinski definition) is 1. The monoisotopic (exact) mass is 169 g/mol. The first kappa shape index (κ1) is 10.0. The highest BCUT2D eigenvalue weighted by atomic mass is 14.6. The zero-order valence-electron chi connectivity index (χ0n) is 8.77. The summed E-state index contributed by atoms with van der Waals surface area (Å²) in [4.78, 5) is 0. The van der Waals surface area contributed by atoms with Crippen LogP contribution in [0.1, 0.15) is 52.9 Å². The maximum atomic E-state index is 6.02. The standard InChI is InChI=1S/C11H23N/c1-11(2,3)9-6-4-5-7-10(12)8-9/h9-10H,4-8,12H2,1-3H3. The number of rotatable bonds is 0. The minimum Gasteiger partial charge on any atom is -0.328 e. The van der Waals surface area contributed by atoms with E-state index < -0.39 is 0 Å². The molecule has 0 aromatic heterocycles. The van der Waals surface area contributed by atoms with Crippen LogP contribution in [0.2, 0.25) is 0 Å². The fourth-order valence-corrected chi connectivity index (χ4v) is 2.18. The lowest BCUT2D eigenvalue weighted by Gasteiger charge is -2.31. The van der Waals surface area contributed by atoms with E-state index in [0.29, 0.717) is 11.5 Å². The first-order valence-electron chi connectivity index (χ1n) is 5.26. The molecule has 2 N–H and O–H groups in total. The van der Waals surface area contributed by atoms with Gasteiger partial charge >= 0.3 is 0 Å². The van der Waals surface area contributed by atoms with Crippen molar-refractivity contribution in [2.24, 2.45) is 17.1 Å². The summed E-state index contributed by atoms with van der Waals surface area (Å²) in [6, 6.07) is 0.469. The Hall–Kier alpha value is -0.0400. The van der Waals surface area contributed by atoms with Crippen LogP contribution >= 0.6 is 0 Å². The lowest BCUT2D eigenvalue weighted by atomic mass is 9.76. The zero-order chi connectivity index (χ0) is 9.19. The van der Waals surface area contributed by atoms with Gasteiger partial charge in [0.2, 0.25) is 0 Å². The Balaban J connectivity index is 2.52. The molecule has 0 aromatic carbocycles. The molecule has 1 fully saturated rings. The highest BCUT2D eigenvalue weighted by Gasteiger charge is 2.27. The van der Waals surface area contributed by atoms with Gasteiger partial charge in [-0.25, -0.2) is 0 Å². The topological polar surface area (TPSA) is 26.0 Å². The maximum absolute atomic E-state index is 6.02. The van der Waals surface area contributed by atoms with Crippen LogP contribution in [0.15, 0.2) is 0 Å². The zero-order valence-corrected chi connectivity index (χ0v) is 8.77. The summed E-state index contributed by atoms with van der Waals surface area (Å²) in [7, 11) is 0. The van der Waals surface area contributed by atoms with E-state index in [4.69, 9.17) is 5.73 Å². The largest absolute Gasteiger partial charge is 0.328 e. The van der Waals surface area contributed by atoms with E-state index in [9.17, 15) is 0 Å². The third-order valence-corrected chi connectivity index (χ3v) is 3.19. The summed E-state index contributed by atoms with van der Waals surface area (Å²) in [6.45, 7) is 7.03. The minimum absolute atomic E-state index is 0.460. The van der Waals surface area contributed by atoms with E-state index in [1.54, 1.807) is 0 Å². The molecule has 0 radical (unpaired) electrons. The van der Waals surface area contributed by atoms with Crippen molar-refractivity contribution in [3.8, 4) is 0 Å². The molecule has 0 heterocycles. The molecule has 2 atom stereocenters. The smallest absolute Gasteiger partial charge is 0.00416 e. The van der Waals surface area contributed by atoms with Crippen molar-refractivity contribution in [2.45, 2.75) is 58.9 Å². The minimum atomic E-state index is 0.460. The van der Waals surface area contributed by atoms with E-state index >= 15 is 0 Å². The van der Waals surface area contributed by atoms with Crippen molar-refractivity contribution in [2.75, 3.05) is 0 Å². The second-order valence-corrected chi connectivity index (χ2v) is 5.34. The van der Waals surface area contributed by atoms with Crippen LogP contribution in [0.4, 0.5) is 0 Å². The van der Waals surface area contributed by atoms with E-state index in [-0.39, 0.29) is 0 Å². The molecule has 1 rings (SSSR count). The van der Waals surface area contributed by atoms with Crippen molar-refractivity contribution in [1.29, 1.82) is 0 Å². The molecule has 0 bridgehead atoms. The van der Waals surface area contributed by atoms with Crippen LogP contribution in [-0.4, -0.2) is 6.04 Å². The SMILES string of the molecule is CC(C)(C)C1CCCCC(N)C1. The summed E-state index contributed by atoms with van der Waals surface area (Å²) in [5.41, 5.74) is 6.48. The molecular weight excluding hydrogens is 146 g/mol. The van der Waals surface area contributed by atoms with Gasteiger partial charge in [0.15, 0.2) is 0 Å². The lowest BCUT2D eigenvalue weighted by molar-refractivity contribution is 0.208. The van der Waals surface area contributed by atoms with E-state index in [1.165, 1.54) is 32.1 Å². The van der Waals surface area contributed by atoms with Gasteiger partial charge in [0, 0.05) is 6.04 Å². The summed E-state index contributed by atoms with van der Waals surface area (Å²) >= 11 is 0. The summed E-state index contributed by atoms with van der Waals surface area (Å²) in [5.74, 6) is 0.843. The van der Waals surface area contributed by atoms with Gasteiger partial charge in [-0.15, -0.1) is 0 Å². The van der Waals surface area contributed by atoms with Gasteiger partial charge in [0.25, 0.3) is 0 Å². The fraction of sp³-hybridized carbons (Fsp3) is 1.00. The molecule has 12 heavy (non-hydrogen) atoms. The van der Waals surface area contributed by atoms with Crippen LogP contribution in [0.5, 0.6) is 0 Å². The Morgan fingerprint density at radius 3 is 2.25 bits per heavy atom. The van der Waals surface area contributed by atoms with Crippen LogP contribution in [0, 0.1) is 11.3 Å². The van der Waals surface area contributed by atoms with Crippen molar-refractivity contribution < 1.29 is 0 Å². The van der Waals surface area contributed by atoms with Gasteiger partial charge in [-0.05, 0) is 30.6 Å². The third-order valence-electron chi connectivity index (χ3n) is 3.19. The van der Waals surface area contributed by atoms with Gasteiger partial charge < -0.3 is 5.73 Å². The number of nitrogens with two attached hydrogens (primary N) is 1. The normalized spacial score (nSPS) is 33.0. The molecule has 1 heteroatoms. The summed E-state index contributed by atoms with van der Waals surface area (Å²) in [5, 5.41) is 0. The van der Waals surface area contributed by atoms with Gasteiger partial charge in [-0.1, -0.05) is 33.6 Å². The first-order valence-corrected chi connectivity index (χ1v) is 5.26. The predicted molar refractivity (Wildman–Crippen MR) is 54.0 cm³/mol. The average molecular weight is 169 g/mol. The van der Waals surface area contributed by atoms with Gasteiger partial charge in [0.1, 0.15) is 0 Å². The Labute approximate surface area is 76.7 Å². The van der Waals surface area contributed by atoms with Gasteiger partial charge in [-0.3, -0.25) is 0 Å². The molecule has 1 aliphatic carbocycles. The average Bonchev–Trinajstić information content (AvgIpc) is 2.11. The van der Waals surface area contributed by atoms with Crippen molar-refractivity contribution in [3.63, 3.8) is 0 Å². The molecule has 0 aliphatic heterocycles. The maximum Gasteiger partial charge on any atom is 0.00416 e. The molecule has 1 nitrogen and oxygen atoms in total. The fourth-order valence-electron chi connectivity index (χ4n) is 2.18. The highest BCUT2D eigenvalue weighted by molar-refractivity contribution is 4.80. The van der Waals surface area contributed by atoms with E-state index in [1.807, 2.05) is 0 Å². The molecule has 72 valence electrons. The first-order chi connectivity index (χ1) is 5.50. The molecule has 0 saturated heterocycles. The van der Waals surface area contributed by atoms with Crippen molar-refractivity contribution in [1.82, 2.24) is 0 Å². The summed E-state index contributed by atoms with van der Waals surface area (Å²) in [6.07, 6.45) is 6.59. The molecule has 2 unspecified atom stereocenters. The molecule has 0 aromatic rings. The van der Waals surface area contributed by atoms with Crippen molar-refractivity contribution >= 4 is 0 Å². The van der Waals surface area contributed by atoms with Crippen LogP contribution in [0.25, 0.3) is 0 Å². The van der Waals surface area contributed by atoms with Gasteiger partial charge in [-0.2, -0.15) is 0 Å². The quantitative estimate of drug-likeness (QED) is 0.554. The Bertz CT molecular complexity index is 134. The predicted octanol–water partition coefficient (Wildman–Crippen LogP) is 2.94. The lowest BCUT2D eigenvalue weighted by Crippen LogP contribution is -2.28. The second-order valence-electron chi connectivity index (χ2n) is 5.34. The Kier molecular flexibility index (Phi) is 3.16. The summed E-state index contributed by atoms with van der Waals surface area (Å²) < 4.78 is 0. The molecule has 0 amide bonds. The van der Waals surface area contributed by atoms with Crippen LogP contribution in [-0.2, 0) is 0 Å². The second kappa shape index (κ2) is 3.78. The van der Waals surface area contributed by atoms with Gasteiger partial charge in [0.05, 0.1) is 0 Å². The molecule has 1 aliphatic rings. The third kappa shape index (κ3) is 2.78. The van der Waals surface area contributed by atoms with Crippen molar-refractivity contribution in [3.05, 3.63) is 0 Å².